The Bertz CT molecular complexity index is 1030. The number of methoxy groups -OCH3 is 1. The van der Waals surface area contributed by atoms with Gasteiger partial charge in [0.25, 0.3) is 0 Å². The van der Waals surface area contributed by atoms with Gasteiger partial charge >= 0.3 is 0 Å². The lowest BCUT2D eigenvalue weighted by Gasteiger charge is -2.20. The molecule has 8 heteroatoms. The molecule has 1 amide bonds. The first kappa shape index (κ1) is 17.6. The van der Waals surface area contributed by atoms with Crippen molar-refractivity contribution >= 4 is 50.3 Å². The number of amides is 1. The van der Waals surface area contributed by atoms with Crippen LogP contribution < -0.4 is 19.5 Å². The average Bonchev–Trinajstić information content (AvgIpc) is 3.06. The number of thiazole rings is 1. The van der Waals surface area contributed by atoms with Crippen molar-refractivity contribution in [2.75, 3.05) is 25.6 Å². The fourth-order valence-electron chi connectivity index (χ4n) is 2.66. The first-order valence-electron chi connectivity index (χ1n) is 8.15. The van der Waals surface area contributed by atoms with Crippen LogP contribution in [0.15, 0.2) is 36.4 Å². The third kappa shape index (κ3) is 3.84. The molecule has 0 radical (unpaired) electrons. The van der Waals surface area contributed by atoms with Gasteiger partial charge in [0.05, 0.1) is 17.3 Å². The zero-order valence-corrected chi connectivity index (χ0v) is 15.9. The fourth-order valence-corrected chi connectivity index (χ4v) is 3.81. The highest BCUT2D eigenvalue weighted by Crippen LogP contribution is 2.40. The largest absolute Gasteiger partial charge is 0.493 e. The number of nitrogens with one attached hydrogen (secondary N) is 1. The minimum Gasteiger partial charge on any atom is -0.493 e. The van der Waals surface area contributed by atoms with Crippen LogP contribution in [0.2, 0.25) is 5.02 Å². The summed E-state index contributed by atoms with van der Waals surface area (Å²) in [7, 11) is 1.56. The van der Waals surface area contributed by atoms with Crippen molar-refractivity contribution in [2.45, 2.75) is 0 Å². The molecule has 138 valence electrons. The Labute approximate surface area is 164 Å². The molecular formula is C19H15ClN2O4S. The maximum atomic E-state index is 12.2. The topological polar surface area (TPSA) is 69.7 Å². The molecule has 0 fully saturated rings. The summed E-state index contributed by atoms with van der Waals surface area (Å²) >= 11 is 7.35. The number of ether oxygens (including phenoxy) is 3. The normalized spacial score (nSPS) is 13.1. The van der Waals surface area contributed by atoms with Crippen molar-refractivity contribution < 1.29 is 19.0 Å². The van der Waals surface area contributed by atoms with Crippen LogP contribution in [0.1, 0.15) is 5.56 Å². The van der Waals surface area contributed by atoms with Crippen LogP contribution in [0.25, 0.3) is 16.3 Å². The first-order valence-corrected chi connectivity index (χ1v) is 9.34. The highest BCUT2D eigenvalue weighted by molar-refractivity contribution is 7.22. The van der Waals surface area contributed by atoms with E-state index in [1.165, 1.54) is 17.4 Å². The third-order valence-electron chi connectivity index (χ3n) is 3.86. The molecule has 6 nitrogen and oxygen atoms in total. The molecular weight excluding hydrogens is 388 g/mol. The van der Waals surface area contributed by atoms with Crippen LogP contribution in [0.5, 0.6) is 17.2 Å². The van der Waals surface area contributed by atoms with Crippen molar-refractivity contribution in [1.29, 1.82) is 0 Å². The van der Waals surface area contributed by atoms with E-state index in [2.05, 4.69) is 10.3 Å². The van der Waals surface area contributed by atoms with E-state index in [9.17, 15) is 4.79 Å². The summed E-state index contributed by atoms with van der Waals surface area (Å²) in [5.41, 5.74) is 1.56. The second kappa shape index (κ2) is 7.46. The van der Waals surface area contributed by atoms with Gasteiger partial charge in [-0.15, -0.1) is 0 Å². The Balaban J connectivity index is 1.51. The molecule has 4 rings (SSSR count). The van der Waals surface area contributed by atoms with Crippen molar-refractivity contribution in [3.05, 3.63) is 47.0 Å². The third-order valence-corrected chi connectivity index (χ3v) is 5.03. The van der Waals surface area contributed by atoms with Crippen LogP contribution in [-0.4, -0.2) is 31.2 Å². The Hall–Kier alpha value is -2.77. The van der Waals surface area contributed by atoms with Gasteiger partial charge < -0.3 is 14.2 Å². The molecule has 0 unspecified atom stereocenters. The highest BCUT2D eigenvalue weighted by Gasteiger charge is 2.17. The van der Waals surface area contributed by atoms with Crippen molar-refractivity contribution in [3.63, 3.8) is 0 Å². The second-order valence-corrected chi connectivity index (χ2v) is 7.17. The van der Waals surface area contributed by atoms with Gasteiger partial charge in [-0.25, -0.2) is 4.98 Å². The Kier molecular flexibility index (Phi) is 4.87. The van der Waals surface area contributed by atoms with E-state index in [-0.39, 0.29) is 5.91 Å². The number of hydrogen-bond acceptors (Lipinski definition) is 6. The van der Waals surface area contributed by atoms with Crippen molar-refractivity contribution in [1.82, 2.24) is 4.98 Å². The number of carbonyl (C=O) groups is 1. The lowest BCUT2D eigenvalue weighted by molar-refractivity contribution is -0.111. The molecule has 0 atom stereocenters. The quantitative estimate of drug-likeness (QED) is 0.656. The summed E-state index contributed by atoms with van der Waals surface area (Å²) in [6, 6.07) is 9.00. The van der Waals surface area contributed by atoms with Gasteiger partial charge in [0, 0.05) is 11.1 Å². The summed E-state index contributed by atoms with van der Waals surface area (Å²) in [6.07, 6.45) is 3.12. The molecule has 2 heterocycles. The smallest absolute Gasteiger partial charge is 0.250 e. The number of benzene rings is 2. The number of anilines is 1. The Morgan fingerprint density at radius 2 is 2.15 bits per heavy atom. The lowest BCUT2D eigenvalue weighted by Crippen LogP contribution is -2.16. The van der Waals surface area contributed by atoms with Gasteiger partial charge in [-0.1, -0.05) is 22.9 Å². The minimum atomic E-state index is -0.283. The molecule has 27 heavy (non-hydrogen) atoms. The molecule has 0 bridgehead atoms. The number of carbonyl (C=O) groups excluding carboxylic acids is 1. The van der Waals surface area contributed by atoms with E-state index >= 15 is 0 Å². The molecule has 1 aliphatic heterocycles. The summed E-state index contributed by atoms with van der Waals surface area (Å²) in [6.45, 7) is 0.958. The number of fused-ring (bicyclic) bond motifs is 2. The van der Waals surface area contributed by atoms with E-state index in [0.29, 0.717) is 40.6 Å². The van der Waals surface area contributed by atoms with E-state index in [4.69, 9.17) is 25.8 Å². The highest BCUT2D eigenvalue weighted by atomic mass is 35.5. The molecule has 3 aromatic rings. The van der Waals surface area contributed by atoms with Crippen LogP contribution in [0, 0.1) is 0 Å². The zero-order valence-electron chi connectivity index (χ0n) is 14.3. The van der Waals surface area contributed by atoms with Gasteiger partial charge in [0.15, 0.2) is 16.6 Å². The second-order valence-electron chi connectivity index (χ2n) is 5.70. The van der Waals surface area contributed by atoms with Crippen LogP contribution in [0.3, 0.4) is 0 Å². The fraction of sp³-hybridized carbons (Fsp3) is 0.158. The van der Waals surface area contributed by atoms with Crippen LogP contribution >= 0.6 is 22.9 Å². The van der Waals surface area contributed by atoms with Gasteiger partial charge in [0.1, 0.15) is 13.2 Å². The summed E-state index contributed by atoms with van der Waals surface area (Å²) in [5.74, 6) is 1.46. The maximum Gasteiger partial charge on any atom is 0.250 e. The molecule has 2 aromatic carbocycles. The van der Waals surface area contributed by atoms with Gasteiger partial charge in [0.2, 0.25) is 11.7 Å². The lowest BCUT2D eigenvalue weighted by atomic mass is 10.1. The van der Waals surface area contributed by atoms with Gasteiger partial charge in [-0.2, -0.15) is 0 Å². The average molecular weight is 403 g/mol. The van der Waals surface area contributed by atoms with Crippen molar-refractivity contribution in [2.24, 2.45) is 0 Å². The monoisotopic (exact) mass is 402 g/mol. The molecule has 1 aromatic heterocycles. The van der Waals surface area contributed by atoms with E-state index < -0.39 is 0 Å². The molecule has 1 aliphatic rings. The number of aromatic nitrogens is 1. The zero-order chi connectivity index (χ0) is 18.8. The first-order chi connectivity index (χ1) is 13.1. The summed E-state index contributed by atoms with van der Waals surface area (Å²) in [5, 5.41) is 3.91. The van der Waals surface area contributed by atoms with E-state index in [1.54, 1.807) is 31.4 Å². The maximum absolute atomic E-state index is 12.2. The molecule has 0 spiro atoms. The Morgan fingerprint density at radius 1 is 1.30 bits per heavy atom. The predicted molar refractivity (Wildman–Crippen MR) is 106 cm³/mol. The van der Waals surface area contributed by atoms with Gasteiger partial charge in [-0.05, 0) is 42.0 Å². The van der Waals surface area contributed by atoms with Crippen LogP contribution in [-0.2, 0) is 4.79 Å². The number of hydrogen-bond donors (Lipinski definition) is 1. The minimum absolute atomic E-state index is 0.283. The van der Waals surface area contributed by atoms with Gasteiger partial charge in [-0.3, -0.25) is 10.1 Å². The van der Waals surface area contributed by atoms with Crippen LogP contribution in [0.4, 0.5) is 5.13 Å². The number of nitrogens with zero attached hydrogens (tertiary/aromatic N) is 1. The predicted octanol–water partition coefficient (Wildman–Crippen LogP) is 4.38. The molecule has 0 saturated carbocycles. The van der Waals surface area contributed by atoms with E-state index in [1.807, 2.05) is 12.1 Å². The number of rotatable bonds is 4. The Morgan fingerprint density at radius 3 is 3.00 bits per heavy atom. The summed E-state index contributed by atoms with van der Waals surface area (Å²) < 4.78 is 17.4. The summed E-state index contributed by atoms with van der Waals surface area (Å²) in [4.78, 5) is 16.6. The molecule has 0 aliphatic carbocycles. The SMILES string of the molecule is COc1cc(/C=C/C(=O)Nc2nc3ccc(Cl)cc3s2)cc2c1OCCO2. The van der Waals surface area contributed by atoms with E-state index in [0.717, 1.165) is 15.8 Å². The number of halogens is 1. The molecule has 0 saturated heterocycles. The standard InChI is InChI=1S/C19H15ClN2O4S/c1-24-14-8-11(9-15-18(14)26-7-6-25-15)2-5-17(23)22-19-21-13-4-3-12(20)10-16(13)27-19/h2-5,8-10H,6-7H2,1H3,(H,21,22,23)/b5-2+. The molecule has 1 N–H and O–H groups in total. The van der Waals surface area contributed by atoms with Crippen molar-refractivity contribution in [3.8, 4) is 17.2 Å².